The average molecular weight is 268 g/mol. The van der Waals surface area contributed by atoms with E-state index >= 15 is 0 Å². The maximum Gasteiger partial charge on any atom is 0.223 e. The highest BCUT2D eigenvalue weighted by atomic mass is 15.1. The third kappa shape index (κ3) is 3.59. The molecule has 0 aliphatic carbocycles. The number of aromatic nitrogens is 2. The molecule has 0 fully saturated rings. The number of hydrogen-bond acceptors (Lipinski definition) is 6. The molecule has 0 aliphatic heterocycles. The van der Waals surface area contributed by atoms with Crippen LogP contribution in [0.3, 0.4) is 0 Å². The van der Waals surface area contributed by atoms with Gasteiger partial charge >= 0.3 is 0 Å². The summed E-state index contributed by atoms with van der Waals surface area (Å²) in [5.74, 6) is 1.51. The monoisotopic (exact) mass is 268 g/mol. The first-order valence-electron chi connectivity index (χ1n) is 6.37. The number of nitrogens with two attached hydrogens (primary N) is 1. The Morgan fingerprint density at radius 2 is 1.90 bits per heavy atom. The molecule has 102 valence electrons. The lowest BCUT2D eigenvalue weighted by Gasteiger charge is -2.09. The Balaban J connectivity index is 2.15. The van der Waals surface area contributed by atoms with Crippen molar-refractivity contribution in [2.24, 2.45) is 0 Å². The number of nitrogen functional groups attached to an aromatic ring is 1. The molecular formula is C14H16N6. The van der Waals surface area contributed by atoms with E-state index in [4.69, 9.17) is 11.0 Å². The third-order valence-corrected chi connectivity index (χ3v) is 2.59. The van der Waals surface area contributed by atoms with Crippen molar-refractivity contribution in [2.45, 2.75) is 13.3 Å². The van der Waals surface area contributed by atoms with Gasteiger partial charge in [-0.1, -0.05) is 6.92 Å². The van der Waals surface area contributed by atoms with Gasteiger partial charge in [-0.15, -0.1) is 0 Å². The molecule has 1 heterocycles. The predicted octanol–water partition coefficient (Wildman–Crippen LogP) is 2.50. The molecule has 2 rings (SSSR count). The summed E-state index contributed by atoms with van der Waals surface area (Å²) in [7, 11) is 0. The van der Waals surface area contributed by atoms with Gasteiger partial charge in [0.2, 0.25) is 5.95 Å². The summed E-state index contributed by atoms with van der Waals surface area (Å²) < 4.78 is 0. The fraction of sp³-hybridized carbons (Fsp3) is 0.214. The molecule has 4 N–H and O–H groups in total. The molecule has 0 bridgehead atoms. The van der Waals surface area contributed by atoms with E-state index in [1.165, 1.54) is 0 Å². The summed E-state index contributed by atoms with van der Waals surface area (Å²) in [6.07, 6.45) is 1.00. The Hall–Kier alpha value is -2.81. The van der Waals surface area contributed by atoms with Gasteiger partial charge in [0.15, 0.2) is 0 Å². The van der Waals surface area contributed by atoms with Crippen LogP contribution in [0.5, 0.6) is 0 Å². The Labute approximate surface area is 117 Å². The molecule has 6 nitrogen and oxygen atoms in total. The molecule has 0 saturated heterocycles. The quantitative estimate of drug-likeness (QED) is 0.770. The minimum absolute atomic E-state index is 0.210. The van der Waals surface area contributed by atoms with Crippen molar-refractivity contribution in [3.63, 3.8) is 0 Å². The van der Waals surface area contributed by atoms with Crippen LogP contribution in [0.25, 0.3) is 0 Å². The highest BCUT2D eigenvalue weighted by Gasteiger charge is 2.02. The number of anilines is 4. The molecule has 0 saturated carbocycles. The highest BCUT2D eigenvalue weighted by Crippen LogP contribution is 2.18. The lowest BCUT2D eigenvalue weighted by Crippen LogP contribution is -2.06. The molecule has 1 aromatic heterocycles. The standard InChI is InChI=1S/C14H16N6/c1-2-7-17-12-8-13(20-14(16)19-12)18-11-5-3-10(9-15)4-6-11/h3-6,8H,2,7H2,1H3,(H4,16,17,18,19,20). The van der Waals surface area contributed by atoms with Gasteiger partial charge in [0.25, 0.3) is 0 Å². The second kappa shape index (κ2) is 6.38. The highest BCUT2D eigenvalue weighted by molar-refractivity contribution is 5.61. The first kappa shape index (κ1) is 13.6. The molecule has 0 radical (unpaired) electrons. The average Bonchev–Trinajstić information content (AvgIpc) is 2.45. The molecule has 0 unspecified atom stereocenters. The molecule has 2 aromatic rings. The number of nitrogens with one attached hydrogen (secondary N) is 2. The van der Waals surface area contributed by atoms with Gasteiger partial charge in [-0.25, -0.2) is 0 Å². The Kier molecular flexibility index (Phi) is 4.35. The van der Waals surface area contributed by atoms with Crippen molar-refractivity contribution in [1.29, 1.82) is 5.26 Å². The summed E-state index contributed by atoms with van der Waals surface area (Å²) >= 11 is 0. The Morgan fingerprint density at radius 1 is 1.20 bits per heavy atom. The van der Waals surface area contributed by atoms with E-state index in [0.29, 0.717) is 17.2 Å². The summed E-state index contributed by atoms with van der Waals surface area (Å²) in [6.45, 7) is 2.90. The normalized spacial score (nSPS) is 9.80. The molecular weight excluding hydrogens is 252 g/mol. The van der Waals surface area contributed by atoms with Crippen LogP contribution < -0.4 is 16.4 Å². The number of hydrogen-bond donors (Lipinski definition) is 3. The van der Waals surface area contributed by atoms with Gasteiger partial charge in [-0.3, -0.25) is 0 Å². The van der Waals surface area contributed by atoms with Crippen molar-refractivity contribution in [3.05, 3.63) is 35.9 Å². The smallest absolute Gasteiger partial charge is 0.223 e. The first-order chi connectivity index (χ1) is 9.71. The second-order valence-electron chi connectivity index (χ2n) is 4.24. The zero-order valence-corrected chi connectivity index (χ0v) is 11.2. The zero-order chi connectivity index (χ0) is 14.4. The molecule has 0 spiro atoms. The van der Waals surface area contributed by atoms with Gasteiger partial charge in [0.1, 0.15) is 11.6 Å². The summed E-state index contributed by atoms with van der Waals surface area (Å²) in [6, 6.07) is 11.0. The summed E-state index contributed by atoms with van der Waals surface area (Å²) in [5, 5.41) is 15.1. The van der Waals surface area contributed by atoms with Gasteiger partial charge in [0.05, 0.1) is 11.6 Å². The lowest BCUT2D eigenvalue weighted by atomic mass is 10.2. The van der Waals surface area contributed by atoms with E-state index in [2.05, 4.69) is 33.6 Å². The molecule has 20 heavy (non-hydrogen) atoms. The van der Waals surface area contributed by atoms with Gasteiger partial charge < -0.3 is 16.4 Å². The lowest BCUT2D eigenvalue weighted by molar-refractivity contribution is 0.967. The van der Waals surface area contributed by atoms with Crippen molar-refractivity contribution >= 4 is 23.3 Å². The van der Waals surface area contributed by atoms with Crippen molar-refractivity contribution in [2.75, 3.05) is 22.9 Å². The van der Waals surface area contributed by atoms with Crippen LogP contribution in [0.2, 0.25) is 0 Å². The number of benzene rings is 1. The van der Waals surface area contributed by atoms with Crippen molar-refractivity contribution in [1.82, 2.24) is 9.97 Å². The van der Waals surface area contributed by atoms with Crippen LogP contribution in [0.15, 0.2) is 30.3 Å². The molecule has 0 amide bonds. The maximum atomic E-state index is 8.76. The third-order valence-electron chi connectivity index (χ3n) is 2.59. The minimum atomic E-state index is 0.210. The Morgan fingerprint density at radius 3 is 2.55 bits per heavy atom. The van der Waals surface area contributed by atoms with Crippen molar-refractivity contribution < 1.29 is 0 Å². The molecule has 1 aromatic carbocycles. The topological polar surface area (TPSA) is 99.6 Å². The summed E-state index contributed by atoms with van der Waals surface area (Å²) in [5.41, 5.74) is 7.14. The van der Waals surface area contributed by atoms with Gasteiger partial charge in [0, 0.05) is 18.3 Å². The van der Waals surface area contributed by atoms with Gasteiger partial charge in [-0.05, 0) is 30.7 Å². The minimum Gasteiger partial charge on any atom is -0.370 e. The van der Waals surface area contributed by atoms with Crippen LogP contribution in [-0.2, 0) is 0 Å². The van der Waals surface area contributed by atoms with Crippen LogP contribution in [0.4, 0.5) is 23.3 Å². The number of nitrogens with zero attached hydrogens (tertiary/aromatic N) is 3. The van der Waals surface area contributed by atoms with Crippen LogP contribution in [-0.4, -0.2) is 16.5 Å². The number of rotatable bonds is 5. The van der Waals surface area contributed by atoms with Crippen LogP contribution >= 0.6 is 0 Å². The van der Waals surface area contributed by atoms with E-state index < -0.39 is 0 Å². The van der Waals surface area contributed by atoms with Crippen LogP contribution in [0.1, 0.15) is 18.9 Å². The van der Waals surface area contributed by atoms with Gasteiger partial charge in [-0.2, -0.15) is 15.2 Å². The largest absolute Gasteiger partial charge is 0.370 e. The maximum absolute atomic E-state index is 8.76. The second-order valence-corrected chi connectivity index (χ2v) is 4.24. The van der Waals surface area contributed by atoms with E-state index in [1.807, 2.05) is 12.1 Å². The number of nitriles is 1. The summed E-state index contributed by atoms with van der Waals surface area (Å²) in [4.78, 5) is 8.24. The van der Waals surface area contributed by atoms with E-state index in [9.17, 15) is 0 Å². The molecule has 6 heteroatoms. The fourth-order valence-electron chi connectivity index (χ4n) is 1.65. The van der Waals surface area contributed by atoms with E-state index in [-0.39, 0.29) is 5.95 Å². The SMILES string of the molecule is CCCNc1cc(Nc2ccc(C#N)cc2)nc(N)n1. The zero-order valence-electron chi connectivity index (χ0n) is 11.2. The van der Waals surface area contributed by atoms with E-state index in [0.717, 1.165) is 18.7 Å². The van der Waals surface area contributed by atoms with Crippen molar-refractivity contribution in [3.8, 4) is 6.07 Å². The van der Waals surface area contributed by atoms with Crippen LogP contribution in [0, 0.1) is 11.3 Å². The molecule has 0 atom stereocenters. The van der Waals surface area contributed by atoms with E-state index in [1.54, 1.807) is 18.2 Å². The predicted molar refractivity (Wildman–Crippen MR) is 79.7 cm³/mol. The molecule has 0 aliphatic rings. The Bertz CT molecular complexity index is 615. The fourth-order valence-corrected chi connectivity index (χ4v) is 1.65. The first-order valence-corrected chi connectivity index (χ1v) is 6.37.